The molecular weight excluding hydrogens is 278 g/mol. The summed E-state index contributed by atoms with van der Waals surface area (Å²) in [6.45, 7) is 1.61. The third-order valence-electron chi connectivity index (χ3n) is 3.03. The Balaban J connectivity index is 2.19. The highest BCUT2D eigenvalue weighted by atomic mass is 32.2. The number of benzene rings is 2. The molecule has 5 heteroatoms. The van der Waals surface area contributed by atoms with Gasteiger partial charge >= 0.3 is 0 Å². The van der Waals surface area contributed by atoms with Gasteiger partial charge in [-0.15, -0.1) is 11.8 Å². The predicted molar refractivity (Wildman–Crippen MR) is 78.3 cm³/mol. The molecule has 106 valence electrons. The van der Waals surface area contributed by atoms with Crippen molar-refractivity contribution in [3.8, 4) is 0 Å². The molecule has 0 bridgehead atoms. The van der Waals surface area contributed by atoms with Gasteiger partial charge in [0.25, 0.3) is 0 Å². The molecule has 2 rings (SSSR count). The molecule has 20 heavy (non-hydrogen) atoms. The molecule has 0 fully saturated rings. The summed E-state index contributed by atoms with van der Waals surface area (Å²) < 4.78 is 27.9. The maximum Gasteiger partial charge on any atom is 0.133 e. The van der Waals surface area contributed by atoms with Crippen LogP contribution in [0.2, 0.25) is 0 Å². The summed E-state index contributed by atoms with van der Waals surface area (Å²) >= 11 is 1.50. The Hall–Kier alpha value is -1.43. The SMILES string of the molecule is Cc1ccc(F)c(C(CSc2ccccc2)NN)c1F. The van der Waals surface area contributed by atoms with Crippen LogP contribution in [-0.2, 0) is 0 Å². The van der Waals surface area contributed by atoms with Gasteiger partial charge in [-0.25, -0.2) is 8.78 Å². The van der Waals surface area contributed by atoms with Crippen LogP contribution in [0.15, 0.2) is 47.4 Å². The maximum absolute atomic E-state index is 14.1. The highest BCUT2D eigenvalue weighted by molar-refractivity contribution is 7.99. The van der Waals surface area contributed by atoms with E-state index in [-0.39, 0.29) is 5.56 Å². The van der Waals surface area contributed by atoms with Crippen molar-refractivity contribution < 1.29 is 8.78 Å². The summed E-state index contributed by atoms with van der Waals surface area (Å²) in [4.78, 5) is 1.03. The molecule has 1 unspecified atom stereocenters. The molecule has 2 aromatic carbocycles. The first-order chi connectivity index (χ1) is 9.63. The van der Waals surface area contributed by atoms with Crippen molar-refractivity contribution in [3.63, 3.8) is 0 Å². The van der Waals surface area contributed by atoms with E-state index >= 15 is 0 Å². The van der Waals surface area contributed by atoms with E-state index in [1.54, 1.807) is 6.92 Å². The first-order valence-corrected chi connectivity index (χ1v) is 7.20. The van der Waals surface area contributed by atoms with Crippen LogP contribution in [0.5, 0.6) is 0 Å². The maximum atomic E-state index is 14.1. The fourth-order valence-corrected chi connectivity index (χ4v) is 2.88. The lowest BCUT2D eigenvalue weighted by atomic mass is 10.0. The predicted octanol–water partition coefficient (Wildman–Crippen LogP) is 3.57. The minimum absolute atomic E-state index is 0.00377. The minimum atomic E-state index is -0.583. The van der Waals surface area contributed by atoms with Gasteiger partial charge in [0.2, 0.25) is 0 Å². The molecule has 0 saturated heterocycles. The molecule has 0 aliphatic heterocycles. The van der Waals surface area contributed by atoms with Crippen LogP contribution < -0.4 is 11.3 Å². The number of thioether (sulfide) groups is 1. The molecule has 0 heterocycles. The lowest BCUT2D eigenvalue weighted by Gasteiger charge is -2.18. The van der Waals surface area contributed by atoms with Gasteiger partial charge < -0.3 is 0 Å². The molecular formula is C15H16F2N2S. The summed E-state index contributed by atoms with van der Waals surface area (Å²) in [6.07, 6.45) is 0. The average Bonchev–Trinajstić information content (AvgIpc) is 2.47. The van der Waals surface area contributed by atoms with Crippen LogP contribution in [0.25, 0.3) is 0 Å². The van der Waals surface area contributed by atoms with Gasteiger partial charge in [0, 0.05) is 16.2 Å². The van der Waals surface area contributed by atoms with Gasteiger partial charge in [-0.05, 0) is 30.7 Å². The van der Waals surface area contributed by atoms with E-state index in [1.807, 2.05) is 30.3 Å². The monoisotopic (exact) mass is 294 g/mol. The molecule has 2 aromatic rings. The van der Waals surface area contributed by atoms with Crippen molar-refractivity contribution in [2.75, 3.05) is 5.75 Å². The average molecular weight is 294 g/mol. The minimum Gasteiger partial charge on any atom is -0.271 e. The van der Waals surface area contributed by atoms with E-state index in [0.717, 1.165) is 4.90 Å². The molecule has 0 spiro atoms. The second-order valence-electron chi connectivity index (χ2n) is 4.44. The molecule has 0 aliphatic rings. The Bertz CT molecular complexity index is 576. The number of hydrogen-bond donors (Lipinski definition) is 2. The van der Waals surface area contributed by atoms with Crippen molar-refractivity contribution in [1.29, 1.82) is 0 Å². The van der Waals surface area contributed by atoms with E-state index < -0.39 is 17.7 Å². The van der Waals surface area contributed by atoms with E-state index in [0.29, 0.717) is 11.3 Å². The van der Waals surface area contributed by atoms with Crippen LogP contribution in [0.4, 0.5) is 8.78 Å². The molecule has 0 aromatic heterocycles. The number of hydrazine groups is 1. The van der Waals surface area contributed by atoms with Gasteiger partial charge in [-0.1, -0.05) is 24.3 Å². The van der Waals surface area contributed by atoms with E-state index in [2.05, 4.69) is 5.43 Å². The highest BCUT2D eigenvalue weighted by Crippen LogP contribution is 2.28. The Kier molecular flexibility index (Phi) is 5.11. The first kappa shape index (κ1) is 15.0. The zero-order chi connectivity index (χ0) is 14.5. The van der Waals surface area contributed by atoms with Crippen LogP contribution in [0.3, 0.4) is 0 Å². The van der Waals surface area contributed by atoms with Crippen molar-refractivity contribution >= 4 is 11.8 Å². The zero-order valence-electron chi connectivity index (χ0n) is 11.1. The second kappa shape index (κ2) is 6.83. The zero-order valence-corrected chi connectivity index (χ0v) is 11.9. The fraction of sp³-hybridized carbons (Fsp3) is 0.200. The van der Waals surface area contributed by atoms with Crippen molar-refractivity contribution in [1.82, 2.24) is 5.43 Å². The van der Waals surface area contributed by atoms with Crippen molar-refractivity contribution in [2.24, 2.45) is 5.84 Å². The summed E-state index contributed by atoms with van der Waals surface area (Å²) in [7, 11) is 0. The Morgan fingerprint density at radius 3 is 2.50 bits per heavy atom. The largest absolute Gasteiger partial charge is 0.271 e. The second-order valence-corrected chi connectivity index (χ2v) is 5.53. The lowest BCUT2D eigenvalue weighted by Crippen LogP contribution is -2.31. The summed E-state index contributed by atoms with van der Waals surface area (Å²) in [6, 6.07) is 11.8. The summed E-state index contributed by atoms with van der Waals surface area (Å²) in [5, 5.41) is 0. The molecule has 2 nitrogen and oxygen atoms in total. The fourth-order valence-electron chi connectivity index (χ4n) is 1.91. The highest BCUT2D eigenvalue weighted by Gasteiger charge is 2.20. The number of aryl methyl sites for hydroxylation is 1. The summed E-state index contributed by atoms with van der Waals surface area (Å²) in [5.41, 5.74) is 2.90. The number of nitrogens with one attached hydrogen (secondary N) is 1. The lowest BCUT2D eigenvalue weighted by molar-refractivity contribution is 0.496. The van der Waals surface area contributed by atoms with Crippen LogP contribution in [-0.4, -0.2) is 5.75 Å². The van der Waals surface area contributed by atoms with Gasteiger partial charge in [-0.2, -0.15) is 0 Å². The Morgan fingerprint density at radius 2 is 1.85 bits per heavy atom. The quantitative estimate of drug-likeness (QED) is 0.503. The van der Waals surface area contributed by atoms with Gasteiger partial charge in [0.15, 0.2) is 0 Å². The number of rotatable bonds is 5. The molecule has 0 aliphatic carbocycles. The van der Waals surface area contributed by atoms with E-state index in [9.17, 15) is 8.78 Å². The first-order valence-electron chi connectivity index (χ1n) is 6.22. The molecule has 0 saturated carbocycles. The Morgan fingerprint density at radius 1 is 1.15 bits per heavy atom. The molecule has 3 N–H and O–H groups in total. The Labute approximate surface area is 121 Å². The number of nitrogens with two attached hydrogens (primary N) is 1. The summed E-state index contributed by atoms with van der Waals surface area (Å²) in [5.74, 6) is 4.78. The molecule has 0 amide bonds. The van der Waals surface area contributed by atoms with Crippen molar-refractivity contribution in [2.45, 2.75) is 17.9 Å². The van der Waals surface area contributed by atoms with Crippen LogP contribution in [0, 0.1) is 18.6 Å². The van der Waals surface area contributed by atoms with Crippen LogP contribution >= 0.6 is 11.8 Å². The van der Waals surface area contributed by atoms with Gasteiger partial charge in [0.05, 0.1) is 6.04 Å². The van der Waals surface area contributed by atoms with Crippen molar-refractivity contribution in [3.05, 3.63) is 65.2 Å². The van der Waals surface area contributed by atoms with Gasteiger partial charge in [0.1, 0.15) is 11.6 Å². The van der Waals surface area contributed by atoms with E-state index in [1.165, 1.54) is 23.9 Å². The molecule has 0 radical (unpaired) electrons. The number of hydrogen-bond acceptors (Lipinski definition) is 3. The topological polar surface area (TPSA) is 38.0 Å². The third-order valence-corrected chi connectivity index (χ3v) is 4.13. The third kappa shape index (κ3) is 3.36. The molecule has 1 atom stereocenters. The van der Waals surface area contributed by atoms with E-state index in [4.69, 9.17) is 5.84 Å². The number of halogens is 2. The smallest absolute Gasteiger partial charge is 0.133 e. The van der Waals surface area contributed by atoms with Gasteiger partial charge in [-0.3, -0.25) is 11.3 Å². The normalized spacial score (nSPS) is 12.4. The van der Waals surface area contributed by atoms with Crippen LogP contribution in [0.1, 0.15) is 17.2 Å². The standard InChI is InChI=1S/C15H16F2N2S/c1-10-7-8-12(16)14(15(10)17)13(19-18)9-20-11-5-3-2-4-6-11/h2-8,13,19H,9,18H2,1H3.